The van der Waals surface area contributed by atoms with E-state index >= 15 is 0 Å². The summed E-state index contributed by atoms with van der Waals surface area (Å²) in [7, 11) is 0. The van der Waals surface area contributed by atoms with Crippen LogP contribution >= 0.6 is 0 Å². The third-order valence-corrected chi connectivity index (χ3v) is 4.49. The molecule has 0 saturated heterocycles. The Labute approximate surface area is 164 Å². The quantitative estimate of drug-likeness (QED) is 0.406. The van der Waals surface area contributed by atoms with Gasteiger partial charge < -0.3 is 9.84 Å². The summed E-state index contributed by atoms with van der Waals surface area (Å²) in [5.41, 5.74) is 1.07. The molecule has 0 spiro atoms. The van der Waals surface area contributed by atoms with Gasteiger partial charge in [-0.1, -0.05) is 12.1 Å². The van der Waals surface area contributed by atoms with Gasteiger partial charge in [0.25, 0.3) is 17.5 Å². The minimum atomic E-state index is -0.588. The monoisotopic (exact) mass is 390 g/mol. The first kappa shape index (κ1) is 18.2. The van der Waals surface area contributed by atoms with E-state index < -0.39 is 16.7 Å². The second kappa shape index (κ2) is 6.75. The molecule has 0 atom stereocenters. The van der Waals surface area contributed by atoms with Crippen molar-refractivity contribution in [1.82, 2.24) is 0 Å². The van der Waals surface area contributed by atoms with E-state index in [0.717, 1.165) is 10.5 Å². The summed E-state index contributed by atoms with van der Waals surface area (Å²) in [6.45, 7) is 1.78. The number of phenols is 1. The van der Waals surface area contributed by atoms with E-state index in [2.05, 4.69) is 0 Å². The van der Waals surface area contributed by atoms with Gasteiger partial charge in [0, 0.05) is 6.07 Å². The van der Waals surface area contributed by atoms with Gasteiger partial charge in [0.15, 0.2) is 0 Å². The molecule has 1 aliphatic rings. The molecule has 0 aliphatic carbocycles. The van der Waals surface area contributed by atoms with Crippen LogP contribution in [-0.4, -0.2) is 21.8 Å². The fraction of sp³-hybridized carbons (Fsp3) is 0.0476. The molecule has 1 N–H and O–H groups in total. The number of fused-ring (bicyclic) bond motifs is 1. The maximum atomic E-state index is 12.9. The topological polar surface area (TPSA) is 110 Å². The zero-order valence-corrected chi connectivity index (χ0v) is 15.2. The molecule has 0 bridgehead atoms. The van der Waals surface area contributed by atoms with Crippen molar-refractivity contribution in [2.75, 3.05) is 4.90 Å². The molecule has 0 fully saturated rings. The summed E-state index contributed by atoms with van der Waals surface area (Å²) in [4.78, 5) is 36.9. The van der Waals surface area contributed by atoms with E-state index in [4.69, 9.17) is 4.74 Å². The van der Waals surface area contributed by atoms with Crippen molar-refractivity contribution < 1.29 is 24.4 Å². The van der Waals surface area contributed by atoms with Crippen LogP contribution < -0.4 is 9.64 Å². The number of phenolic OH excluding ortho intramolecular Hbond substituents is 1. The number of aryl methyl sites for hydroxylation is 1. The highest BCUT2D eigenvalue weighted by Crippen LogP contribution is 2.36. The molecule has 8 heteroatoms. The molecule has 1 aliphatic heterocycles. The van der Waals surface area contributed by atoms with Gasteiger partial charge in [-0.15, -0.1) is 0 Å². The minimum absolute atomic E-state index is 0.109. The van der Waals surface area contributed by atoms with Crippen LogP contribution in [0.4, 0.5) is 11.4 Å². The van der Waals surface area contributed by atoms with E-state index in [1.165, 1.54) is 42.5 Å². The lowest BCUT2D eigenvalue weighted by molar-refractivity contribution is -0.384. The lowest BCUT2D eigenvalue weighted by Crippen LogP contribution is -2.29. The predicted molar refractivity (Wildman–Crippen MR) is 104 cm³/mol. The first-order chi connectivity index (χ1) is 13.8. The first-order valence-electron chi connectivity index (χ1n) is 8.60. The molecule has 3 aromatic carbocycles. The number of benzene rings is 3. The average molecular weight is 390 g/mol. The number of amides is 2. The van der Waals surface area contributed by atoms with Gasteiger partial charge >= 0.3 is 0 Å². The Hall–Kier alpha value is -4.20. The van der Waals surface area contributed by atoms with Gasteiger partial charge in [-0.25, -0.2) is 4.90 Å². The van der Waals surface area contributed by atoms with Crippen LogP contribution in [0.15, 0.2) is 60.7 Å². The number of hydrogen-bond donors (Lipinski definition) is 1. The van der Waals surface area contributed by atoms with Crippen LogP contribution in [0.2, 0.25) is 0 Å². The number of nitro benzene ring substituents is 1. The predicted octanol–water partition coefficient (Wildman–Crippen LogP) is 4.20. The number of rotatable bonds is 4. The van der Waals surface area contributed by atoms with E-state index in [1.807, 2.05) is 0 Å². The van der Waals surface area contributed by atoms with Crippen molar-refractivity contribution >= 4 is 23.2 Å². The van der Waals surface area contributed by atoms with Crippen molar-refractivity contribution in [3.63, 3.8) is 0 Å². The Bertz CT molecular complexity index is 1190. The van der Waals surface area contributed by atoms with Crippen LogP contribution in [0, 0.1) is 17.0 Å². The average Bonchev–Trinajstić information content (AvgIpc) is 2.94. The van der Waals surface area contributed by atoms with E-state index in [-0.39, 0.29) is 39.8 Å². The summed E-state index contributed by atoms with van der Waals surface area (Å²) in [5.74, 6) is -0.841. The Morgan fingerprint density at radius 2 is 1.66 bits per heavy atom. The zero-order valence-electron chi connectivity index (χ0n) is 15.2. The van der Waals surface area contributed by atoms with Gasteiger partial charge in [-0.2, -0.15) is 0 Å². The van der Waals surface area contributed by atoms with Crippen molar-refractivity contribution in [2.45, 2.75) is 6.92 Å². The fourth-order valence-corrected chi connectivity index (χ4v) is 3.11. The number of anilines is 1. The highest BCUT2D eigenvalue weighted by atomic mass is 16.6. The number of nitro groups is 1. The summed E-state index contributed by atoms with van der Waals surface area (Å²) in [6, 6.07) is 14.6. The zero-order chi connectivity index (χ0) is 20.7. The second-order valence-corrected chi connectivity index (χ2v) is 6.50. The van der Waals surface area contributed by atoms with Gasteiger partial charge in [-0.3, -0.25) is 19.7 Å². The van der Waals surface area contributed by atoms with Crippen LogP contribution in [-0.2, 0) is 0 Å². The van der Waals surface area contributed by atoms with E-state index in [1.54, 1.807) is 25.1 Å². The fourth-order valence-electron chi connectivity index (χ4n) is 3.11. The Morgan fingerprint density at radius 1 is 0.931 bits per heavy atom. The van der Waals surface area contributed by atoms with Crippen LogP contribution in [0.25, 0.3) is 0 Å². The van der Waals surface area contributed by atoms with Crippen LogP contribution in [0.5, 0.6) is 17.2 Å². The molecule has 0 unspecified atom stereocenters. The maximum absolute atomic E-state index is 12.9. The lowest BCUT2D eigenvalue weighted by Gasteiger charge is -2.15. The number of aromatic hydroxyl groups is 1. The second-order valence-electron chi connectivity index (χ2n) is 6.50. The van der Waals surface area contributed by atoms with Gasteiger partial charge in [0.1, 0.15) is 17.2 Å². The molecule has 29 heavy (non-hydrogen) atoms. The van der Waals surface area contributed by atoms with Crippen molar-refractivity contribution in [1.29, 1.82) is 0 Å². The number of carbonyl (C=O) groups excluding carboxylic acids is 2. The molecular weight excluding hydrogens is 376 g/mol. The summed E-state index contributed by atoms with van der Waals surface area (Å²) >= 11 is 0. The molecule has 0 aromatic heterocycles. The Morgan fingerprint density at radius 3 is 2.41 bits per heavy atom. The third-order valence-electron chi connectivity index (χ3n) is 4.49. The highest BCUT2D eigenvalue weighted by molar-refractivity contribution is 6.35. The molecule has 1 heterocycles. The van der Waals surface area contributed by atoms with Crippen molar-refractivity contribution in [2.24, 2.45) is 0 Å². The smallest absolute Gasteiger partial charge is 0.273 e. The number of hydrogen-bond acceptors (Lipinski definition) is 6. The summed E-state index contributed by atoms with van der Waals surface area (Å²) < 4.78 is 5.63. The number of non-ortho nitro benzene ring substituents is 1. The number of imide groups is 1. The molecule has 144 valence electrons. The molecule has 0 saturated carbocycles. The summed E-state index contributed by atoms with van der Waals surface area (Å²) in [5, 5.41) is 21.0. The molecule has 8 nitrogen and oxygen atoms in total. The summed E-state index contributed by atoms with van der Waals surface area (Å²) in [6.07, 6.45) is 0. The van der Waals surface area contributed by atoms with Crippen molar-refractivity contribution in [3.8, 4) is 17.2 Å². The standard InChI is InChI=1S/C21H14N2O6/c1-12-5-8-19(24)18(9-12)22-20(25)16-7-6-15(11-17(16)21(22)26)29-14-4-2-3-13(10-14)23(27)28/h2-11,24H,1H3. The third kappa shape index (κ3) is 3.16. The molecular formula is C21H14N2O6. The van der Waals surface area contributed by atoms with Crippen molar-refractivity contribution in [3.05, 3.63) is 87.5 Å². The minimum Gasteiger partial charge on any atom is -0.506 e. The Balaban J connectivity index is 1.68. The van der Waals surface area contributed by atoms with E-state index in [0.29, 0.717) is 0 Å². The van der Waals surface area contributed by atoms with Crippen LogP contribution in [0.3, 0.4) is 0 Å². The van der Waals surface area contributed by atoms with Gasteiger partial charge in [0.05, 0.1) is 27.8 Å². The largest absolute Gasteiger partial charge is 0.506 e. The molecule has 0 radical (unpaired) electrons. The van der Waals surface area contributed by atoms with Gasteiger partial charge in [-0.05, 0) is 48.9 Å². The molecule has 3 aromatic rings. The first-order valence-corrected chi connectivity index (χ1v) is 8.60. The number of nitrogens with zero attached hydrogens (tertiary/aromatic N) is 2. The van der Waals surface area contributed by atoms with Crippen LogP contribution in [0.1, 0.15) is 26.3 Å². The maximum Gasteiger partial charge on any atom is 0.273 e. The van der Waals surface area contributed by atoms with E-state index in [9.17, 15) is 24.8 Å². The van der Waals surface area contributed by atoms with Gasteiger partial charge in [0.2, 0.25) is 0 Å². The number of carbonyl (C=O) groups is 2. The Kier molecular flexibility index (Phi) is 4.23. The normalized spacial score (nSPS) is 12.8. The molecule has 2 amide bonds. The SMILES string of the molecule is Cc1ccc(O)c(N2C(=O)c3ccc(Oc4cccc([N+](=O)[O-])c4)cc3C2=O)c1. The molecule has 4 rings (SSSR count). The lowest BCUT2D eigenvalue weighted by atomic mass is 10.1. The number of ether oxygens (including phenoxy) is 1. The highest BCUT2D eigenvalue weighted by Gasteiger charge is 2.38.